The van der Waals surface area contributed by atoms with Gasteiger partial charge in [-0.05, 0) is 42.5 Å². The van der Waals surface area contributed by atoms with Crippen LogP contribution in [0.3, 0.4) is 0 Å². The number of aromatic amines is 1. The van der Waals surface area contributed by atoms with E-state index in [0.29, 0.717) is 5.11 Å². The van der Waals surface area contributed by atoms with E-state index in [0.717, 1.165) is 38.8 Å². The molecule has 0 aliphatic carbocycles. The number of nitrogens with zero attached hydrogens (tertiary/aromatic N) is 3. The van der Waals surface area contributed by atoms with Crippen molar-refractivity contribution in [2.75, 3.05) is 19.4 Å². The molecule has 2 heterocycles. The molecule has 0 radical (unpaired) electrons. The number of hydrogen-bond acceptors (Lipinski definition) is 4. The lowest BCUT2D eigenvalue weighted by atomic mass is 10.2. The molecule has 24 heavy (non-hydrogen) atoms. The Kier molecular flexibility index (Phi) is 3.51. The fourth-order valence-electron chi connectivity index (χ4n) is 2.69. The predicted molar refractivity (Wildman–Crippen MR) is 102 cm³/mol. The van der Waals surface area contributed by atoms with E-state index in [-0.39, 0.29) is 0 Å². The number of nitrogens with one attached hydrogen (secondary N) is 3. The van der Waals surface area contributed by atoms with Crippen LogP contribution in [0, 0.1) is 0 Å². The lowest BCUT2D eigenvalue weighted by Gasteiger charge is -2.15. The molecule has 3 N–H and O–H groups in total. The van der Waals surface area contributed by atoms with Gasteiger partial charge < -0.3 is 10.3 Å². The Morgan fingerprint density at radius 3 is 2.58 bits per heavy atom. The number of anilines is 1. The Labute approximate surface area is 143 Å². The largest absolute Gasteiger partial charge is 0.338 e. The first-order chi connectivity index (χ1) is 11.6. The van der Waals surface area contributed by atoms with E-state index < -0.39 is 0 Å². The molecule has 0 spiro atoms. The molecule has 0 unspecified atom stereocenters. The Hall–Kier alpha value is -2.77. The molecule has 0 atom stereocenters. The molecule has 7 heteroatoms. The number of hydrazine groups is 1. The maximum absolute atomic E-state index is 5.27. The molecule has 0 amide bonds. The van der Waals surface area contributed by atoms with Crippen LogP contribution in [0.25, 0.3) is 33.1 Å². The van der Waals surface area contributed by atoms with Crippen molar-refractivity contribution in [3.63, 3.8) is 0 Å². The first-order valence-corrected chi connectivity index (χ1v) is 7.94. The van der Waals surface area contributed by atoms with Crippen molar-refractivity contribution >= 4 is 56.1 Å². The minimum atomic E-state index is 0.538. The number of rotatable bonds is 2. The molecule has 0 saturated heterocycles. The highest BCUT2D eigenvalue weighted by atomic mass is 32.1. The monoisotopic (exact) mass is 336 g/mol. The third kappa shape index (κ3) is 2.64. The SMILES string of the molecule is CN(C)NC(=S)Nc1ccc2[nH]c3nc4ccccc4nc3c2c1. The zero-order chi connectivity index (χ0) is 16.7. The number of para-hydroxylation sites is 2. The van der Waals surface area contributed by atoms with Crippen LogP contribution in [0.5, 0.6) is 0 Å². The molecular formula is C17H16N6S. The van der Waals surface area contributed by atoms with Crippen molar-refractivity contribution in [3.8, 4) is 0 Å². The van der Waals surface area contributed by atoms with Crippen molar-refractivity contribution in [2.24, 2.45) is 0 Å². The Balaban J connectivity index is 1.81. The summed E-state index contributed by atoms with van der Waals surface area (Å²) in [7, 11) is 3.77. The molecule has 0 bridgehead atoms. The summed E-state index contributed by atoms with van der Waals surface area (Å²) in [6.07, 6.45) is 0. The van der Waals surface area contributed by atoms with Gasteiger partial charge in [-0.2, -0.15) is 0 Å². The first-order valence-electron chi connectivity index (χ1n) is 7.53. The van der Waals surface area contributed by atoms with Crippen LogP contribution in [0.2, 0.25) is 0 Å². The molecule has 4 aromatic rings. The van der Waals surface area contributed by atoms with Gasteiger partial charge in [0.2, 0.25) is 0 Å². The minimum absolute atomic E-state index is 0.538. The number of hydrogen-bond donors (Lipinski definition) is 3. The summed E-state index contributed by atoms with van der Waals surface area (Å²) in [5.41, 5.74) is 8.32. The summed E-state index contributed by atoms with van der Waals surface area (Å²) in [4.78, 5) is 12.7. The maximum atomic E-state index is 5.27. The number of benzene rings is 2. The van der Waals surface area contributed by atoms with Gasteiger partial charge >= 0.3 is 0 Å². The van der Waals surface area contributed by atoms with Crippen molar-refractivity contribution in [2.45, 2.75) is 0 Å². The van der Waals surface area contributed by atoms with Gasteiger partial charge in [-0.15, -0.1) is 0 Å². The van der Waals surface area contributed by atoms with Crippen LogP contribution in [0.1, 0.15) is 0 Å². The first kappa shape index (κ1) is 14.8. The van der Waals surface area contributed by atoms with Gasteiger partial charge in [-0.3, -0.25) is 5.43 Å². The van der Waals surface area contributed by atoms with Gasteiger partial charge in [0.25, 0.3) is 0 Å². The maximum Gasteiger partial charge on any atom is 0.185 e. The summed E-state index contributed by atoms with van der Waals surface area (Å²) in [6, 6.07) is 13.9. The summed E-state index contributed by atoms with van der Waals surface area (Å²) in [6.45, 7) is 0. The van der Waals surface area contributed by atoms with Crippen LogP contribution in [-0.2, 0) is 0 Å². The number of thiocarbonyl (C=S) groups is 1. The quantitative estimate of drug-likeness (QED) is 0.386. The minimum Gasteiger partial charge on any atom is -0.338 e. The Bertz CT molecular complexity index is 1070. The standard InChI is InChI=1S/C17H16N6S/c1-23(2)22-17(24)18-10-7-8-12-11(9-10)15-16(20-12)21-14-6-4-3-5-13(14)19-15/h3-9H,1-2H3,(H,20,21)(H2,18,22,24). The van der Waals surface area contributed by atoms with E-state index in [1.165, 1.54) is 0 Å². The third-order valence-electron chi connectivity index (χ3n) is 3.68. The van der Waals surface area contributed by atoms with Gasteiger partial charge in [0.05, 0.1) is 11.0 Å². The zero-order valence-electron chi connectivity index (χ0n) is 13.3. The fourth-order valence-corrected chi connectivity index (χ4v) is 2.99. The lowest BCUT2D eigenvalue weighted by molar-refractivity contribution is 0.365. The van der Waals surface area contributed by atoms with Crippen LogP contribution in [0.15, 0.2) is 42.5 Å². The molecule has 0 aliphatic rings. The summed E-state index contributed by atoms with van der Waals surface area (Å²) >= 11 is 5.27. The van der Waals surface area contributed by atoms with E-state index >= 15 is 0 Å². The number of fused-ring (bicyclic) bond motifs is 4. The van der Waals surface area contributed by atoms with Gasteiger partial charge in [0, 0.05) is 30.7 Å². The molecule has 2 aromatic carbocycles. The zero-order valence-corrected chi connectivity index (χ0v) is 14.1. The van der Waals surface area contributed by atoms with E-state index in [1.807, 2.05) is 56.6 Å². The van der Waals surface area contributed by atoms with Crippen LogP contribution >= 0.6 is 12.2 Å². The van der Waals surface area contributed by atoms with E-state index in [1.54, 1.807) is 5.01 Å². The van der Waals surface area contributed by atoms with Crippen molar-refractivity contribution in [1.29, 1.82) is 0 Å². The van der Waals surface area contributed by atoms with Gasteiger partial charge in [0.1, 0.15) is 5.52 Å². The summed E-state index contributed by atoms with van der Waals surface area (Å²) in [5.74, 6) is 0. The van der Waals surface area contributed by atoms with Gasteiger partial charge in [-0.1, -0.05) is 12.1 Å². The molecular weight excluding hydrogens is 320 g/mol. The molecule has 6 nitrogen and oxygen atoms in total. The predicted octanol–water partition coefficient (Wildman–Crippen LogP) is 3.03. The van der Waals surface area contributed by atoms with Gasteiger partial charge in [0.15, 0.2) is 10.8 Å². The van der Waals surface area contributed by atoms with Crippen molar-refractivity contribution in [1.82, 2.24) is 25.4 Å². The normalized spacial score (nSPS) is 11.5. The molecule has 0 fully saturated rings. The van der Waals surface area contributed by atoms with Crippen LogP contribution in [-0.4, -0.2) is 39.2 Å². The second kappa shape index (κ2) is 5.70. The lowest BCUT2D eigenvalue weighted by Crippen LogP contribution is -2.38. The van der Waals surface area contributed by atoms with Crippen molar-refractivity contribution in [3.05, 3.63) is 42.5 Å². The van der Waals surface area contributed by atoms with Crippen LogP contribution in [0.4, 0.5) is 5.69 Å². The number of aromatic nitrogens is 3. The van der Waals surface area contributed by atoms with Crippen LogP contribution < -0.4 is 10.7 Å². The topological polar surface area (TPSA) is 68.9 Å². The molecule has 120 valence electrons. The Morgan fingerprint density at radius 2 is 1.83 bits per heavy atom. The third-order valence-corrected chi connectivity index (χ3v) is 3.87. The van der Waals surface area contributed by atoms with E-state index in [2.05, 4.69) is 20.7 Å². The highest BCUT2D eigenvalue weighted by Crippen LogP contribution is 2.27. The summed E-state index contributed by atoms with van der Waals surface area (Å²) in [5, 5.41) is 6.51. The highest BCUT2D eigenvalue weighted by molar-refractivity contribution is 7.80. The van der Waals surface area contributed by atoms with Crippen molar-refractivity contribution < 1.29 is 0 Å². The number of H-pyrrole nitrogens is 1. The van der Waals surface area contributed by atoms with E-state index in [4.69, 9.17) is 17.2 Å². The molecule has 0 saturated carbocycles. The highest BCUT2D eigenvalue weighted by Gasteiger charge is 2.10. The van der Waals surface area contributed by atoms with E-state index in [9.17, 15) is 0 Å². The second-order valence-electron chi connectivity index (χ2n) is 5.76. The summed E-state index contributed by atoms with van der Waals surface area (Å²) < 4.78 is 0. The fraction of sp³-hybridized carbons (Fsp3) is 0.118. The smallest absolute Gasteiger partial charge is 0.185 e. The molecule has 0 aliphatic heterocycles. The van der Waals surface area contributed by atoms with Gasteiger partial charge in [-0.25, -0.2) is 15.0 Å². The molecule has 2 aromatic heterocycles. The average Bonchev–Trinajstić information content (AvgIpc) is 2.89. The second-order valence-corrected chi connectivity index (χ2v) is 6.16. The molecule has 4 rings (SSSR count). The average molecular weight is 336 g/mol. The Morgan fingerprint density at radius 1 is 1.08 bits per heavy atom.